The molecule has 142 valence electrons. The minimum atomic E-state index is -0.469. The maximum Gasteiger partial charge on any atom is 0.324 e. The maximum atomic E-state index is 12.5. The van der Waals surface area contributed by atoms with Crippen LogP contribution in [0, 0.1) is 0 Å². The first kappa shape index (κ1) is 18.8. The van der Waals surface area contributed by atoms with Crippen LogP contribution in [0.15, 0.2) is 54.6 Å². The van der Waals surface area contributed by atoms with E-state index in [4.69, 9.17) is 9.47 Å². The van der Waals surface area contributed by atoms with E-state index in [1.54, 1.807) is 12.1 Å². The van der Waals surface area contributed by atoms with Gasteiger partial charge in [-0.15, -0.1) is 0 Å². The molecule has 1 aliphatic rings. The molecule has 0 aromatic heterocycles. The first-order valence-corrected chi connectivity index (χ1v) is 9.19. The van der Waals surface area contributed by atoms with E-state index in [0.29, 0.717) is 18.8 Å². The highest BCUT2D eigenvalue weighted by Gasteiger charge is 2.37. The van der Waals surface area contributed by atoms with Crippen LogP contribution in [0.5, 0.6) is 11.5 Å². The van der Waals surface area contributed by atoms with E-state index < -0.39 is 6.04 Å². The van der Waals surface area contributed by atoms with Gasteiger partial charge in [-0.1, -0.05) is 30.3 Å². The molecule has 3 amide bonds. The lowest BCUT2D eigenvalue weighted by Gasteiger charge is -2.14. The van der Waals surface area contributed by atoms with E-state index >= 15 is 0 Å². The summed E-state index contributed by atoms with van der Waals surface area (Å²) in [6.45, 7) is 3.01. The van der Waals surface area contributed by atoms with Gasteiger partial charge in [-0.25, -0.2) is 4.79 Å². The predicted molar refractivity (Wildman–Crippen MR) is 102 cm³/mol. The number of nitrogens with one attached hydrogen (secondary N) is 1. The lowest BCUT2D eigenvalue weighted by Crippen LogP contribution is -2.35. The molecule has 1 aliphatic heterocycles. The number of ether oxygens (including phenoxy) is 2. The number of carbonyl (C=O) groups excluding carboxylic acids is 2. The van der Waals surface area contributed by atoms with Gasteiger partial charge in [-0.05, 0) is 49.6 Å². The summed E-state index contributed by atoms with van der Waals surface area (Å²) in [5, 5.41) is 2.76. The summed E-state index contributed by atoms with van der Waals surface area (Å²) in [7, 11) is 0. The van der Waals surface area contributed by atoms with Crippen LogP contribution >= 0.6 is 0 Å². The van der Waals surface area contributed by atoms with E-state index in [2.05, 4.69) is 5.32 Å². The molecule has 0 saturated carbocycles. The molecule has 1 N–H and O–H groups in total. The Bertz CT molecular complexity index is 762. The molecule has 0 unspecified atom stereocenters. The minimum Gasteiger partial charge on any atom is -0.494 e. The molecule has 2 aromatic carbocycles. The molecule has 1 atom stereocenters. The average Bonchev–Trinajstić information content (AvgIpc) is 2.96. The molecule has 6 heteroatoms. The number of amides is 3. The summed E-state index contributed by atoms with van der Waals surface area (Å²) in [6, 6.07) is 16.4. The van der Waals surface area contributed by atoms with Crippen LogP contribution in [0.3, 0.4) is 0 Å². The van der Waals surface area contributed by atoms with Crippen molar-refractivity contribution < 1.29 is 19.1 Å². The highest BCUT2D eigenvalue weighted by Crippen LogP contribution is 2.18. The molecule has 1 heterocycles. The number of benzene rings is 2. The van der Waals surface area contributed by atoms with Crippen molar-refractivity contribution in [1.82, 2.24) is 10.2 Å². The highest BCUT2D eigenvalue weighted by molar-refractivity contribution is 6.04. The fraction of sp³-hybridized carbons (Fsp3) is 0.333. The van der Waals surface area contributed by atoms with Crippen molar-refractivity contribution in [3.8, 4) is 11.5 Å². The molecular formula is C21H24N2O4. The summed E-state index contributed by atoms with van der Waals surface area (Å²) in [4.78, 5) is 25.8. The Morgan fingerprint density at radius 2 is 1.63 bits per heavy atom. The van der Waals surface area contributed by atoms with Gasteiger partial charge in [-0.2, -0.15) is 0 Å². The van der Waals surface area contributed by atoms with Gasteiger partial charge in [0.05, 0.1) is 13.2 Å². The number of urea groups is 1. The van der Waals surface area contributed by atoms with Crippen LogP contribution in [-0.4, -0.2) is 42.6 Å². The van der Waals surface area contributed by atoms with Crippen LogP contribution in [0.25, 0.3) is 0 Å². The topological polar surface area (TPSA) is 67.9 Å². The minimum absolute atomic E-state index is 0.189. The number of nitrogens with zero attached hydrogens (tertiary/aromatic N) is 1. The standard InChI is InChI=1S/C21H24N2O4/c1-2-26-17-9-11-18(12-10-17)27-15-14-23-20(24)19(22-21(23)25)13-8-16-6-4-3-5-7-16/h3-7,9-12,19H,2,8,13-15H2,1H3,(H,22,25)/t19-/m0/s1. The Balaban J connectivity index is 1.45. The molecule has 0 bridgehead atoms. The van der Waals surface area contributed by atoms with Crippen molar-refractivity contribution in [2.75, 3.05) is 19.8 Å². The Kier molecular flexibility index (Phi) is 6.30. The Morgan fingerprint density at radius 1 is 0.963 bits per heavy atom. The van der Waals surface area contributed by atoms with Crippen LogP contribution in [-0.2, 0) is 11.2 Å². The third-order valence-corrected chi connectivity index (χ3v) is 4.39. The Hall–Kier alpha value is -3.02. The molecule has 3 rings (SSSR count). The molecule has 0 spiro atoms. The summed E-state index contributed by atoms with van der Waals surface area (Å²) >= 11 is 0. The van der Waals surface area contributed by atoms with Gasteiger partial charge < -0.3 is 14.8 Å². The Morgan fingerprint density at radius 3 is 2.30 bits per heavy atom. The van der Waals surface area contributed by atoms with Gasteiger partial charge >= 0.3 is 6.03 Å². The fourth-order valence-corrected chi connectivity index (χ4v) is 2.99. The predicted octanol–water partition coefficient (Wildman–Crippen LogP) is 3.02. The number of rotatable bonds is 9. The van der Waals surface area contributed by atoms with E-state index in [-0.39, 0.29) is 25.1 Å². The normalized spacial score (nSPS) is 16.3. The molecule has 1 fully saturated rings. The van der Waals surface area contributed by atoms with E-state index in [9.17, 15) is 9.59 Å². The van der Waals surface area contributed by atoms with Crippen molar-refractivity contribution >= 4 is 11.9 Å². The molecule has 0 aliphatic carbocycles. The van der Waals surface area contributed by atoms with E-state index in [0.717, 1.165) is 17.7 Å². The average molecular weight is 368 g/mol. The van der Waals surface area contributed by atoms with Crippen LogP contribution < -0.4 is 14.8 Å². The zero-order valence-electron chi connectivity index (χ0n) is 15.4. The number of hydrogen-bond donors (Lipinski definition) is 1. The third kappa shape index (κ3) is 5.00. The van der Waals surface area contributed by atoms with Gasteiger partial charge in [-0.3, -0.25) is 9.69 Å². The van der Waals surface area contributed by atoms with E-state index in [1.807, 2.05) is 49.4 Å². The van der Waals surface area contributed by atoms with Crippen molar-refractivity contribution in [2.24, 2.45) is 0 Å². The number of imide groups is 1. The first-order valence-electron chi connectivity index (χ1n) is 9.19. The molecular weight excluding hydrogens is 344 g/mol. The second-order valence-corrected chi connectivity index (χ2v) is 6.27. The SMILES string of the molecule is CCOc1ccc(OCCN2C(=O)N[C@@H](CCc3ccccc3)C2=O)cc1. The molecule has 0 radical (unpaired) electrons. The van der Waals surface area contributed by atoms with Crippen molar-refractivity contribution in [3.05, 3.63) is 60.2 Å². The summed E-state index contributed by atoms with van der Waals surface area (Å²) in [5.41, 5.74) is 1.15. The van der Waals surface area contributed by atoms with Gasteiger partial charge in [0.15, 0.2) is 0 Å². The molecule has 27 heavy (non-hydrogen) atoms. The zero-order chi connectivity index (χ0) is 19.1. The van der Waals surface area contributed by atoms with Gasteiger partial charge in [0, 0.05) is 0 Å². The monoisotopic (exact) mass is 368 g/mol. The second-order valence-electron chi connectivity index (χ2n) is 6.27. The molecule has 1 saturated heterocycles. The smallest absolute Gasteiger partial charge is 0.324 e. The van der Waals surface area contributed by atoms with Crippen LogP contribution in [0.1, 0.15) is 18.9 Å². The van der Waals surface area contributed by atoms with Crippen molar-refractivity contribution in [3.63, 3.8) is 0 Å². The fourth-order valence-electron chi connectivity index (χ4n) is 2.99. The van der Waals surface area contributed by atoms with Crippen molar-refractivity contribution in [1.29, 1.82) is 0 Å². The number of hydrogen-bond acceptors (Lipinski definition) is 4. The van der Waals surface area contributed by atoms with E-state index in [1.165, 1.54) is 4.90 Å². The molecule has 2 aromatic rings. The van der Waals surface area contributed by atoms with Gasteiger partial charge in [0.1, 0.15) is 24.1 Å². The highest BCUT2D eigenvalue weighted by atomic mass is 16.5. The van der Waals surface area contributed by atoms with Gasteiger partial charge in [0.2, 0.25) is 0 Å². The lowest BCUT2D eigenvalue weighted by atomic mass is 10.1. The largest absolute Gasteiger partial charge is 0.494 e. The maximum absolute atomic E-state index is 12.5. The Labute approximate surface area is 159 Å². The number of carbonyl (C=O) groups is 2. The quantitative estimate of drug-likeness (QED) is 0.691. The van der Waals surface area contributed by atoms with Crippen LogP contribution in [0.4, 0.5) is 4.79 Å². The lowest BCUT2D eigenvalue weighted by molar-refractivity contribution is -0.127. The molecule has 6 nitrogen and oxygen atoms in total. The summed E-state index contributed by atoms with van der Waals surface area (Å²) < 4.78 is 11.0. The summed E-state index contributed by atoms with van der Waals surface area (Å²) in [5.74, 6) is 1.26. The third-order valence-electron chi connectivity index (χ3n) is 4.39. The summed E-state index contributed by atoms with van der Waals surface area (Å²) in [6.07, 6.45) is 1.33. The second kappa shape index (κ2) is 9.07. The van der Waals surface area contributed by atoms with Gasteiger partial charge in [0.25, 0.3) is 5.91 Å². The zero-order valence-corrected chi connectivity index (χ0v) is 15.4. The number of aryl methyl sites for hydroxylation is 1. The van der Waals surface area contributed by atoms with Crippen molar-refractivity contribution in [2.45, 2.75) is 25.8 Å². The van der Waals surface area contributed by atoms with Crippen LogP contribution in [0.2, 0.25) is 0 Å². The first-order chi connectivity index (χ1) is 13.2.